The fourth-order valence-corrected chi connectivity index (χ4v) is 6.55. The fraction of sp³-hybridized carbons (Fsp3) is 0.552. The van der Waals surface area contributed by atoms with Gasteiger partial charge in [0.1, 0.15) is 5.82 Å². The third-order valence-electron chi connectivity index (χ3n) is 8.23. The minimum atomic E-state index is 0.0120. The largest absolute Gasteiger partial charge is 0.323 e. The molecule has 1 saturated carbocycles. The van der Waals surface area contributed by atoms with Gasteiger partial charge in [-0.25, -0.2) is 4.98 Å². The first-order valence-corrected chi connectivity index (χ1v) is 13.3. The predicted molar refractivity (Wildman–Crippen MR) is 137 cm³/mol. The van der Waals surface area contributed by atoms with Crippen LogP contribution < -0.4 is 5.73 Å². The Hall–Kier alpha value is -2.17. The average molecular weight is 445 g/mol. The summed E-state index contributed by atoms with van der Waals surface area (Å²) in [6.07, 6.45) is 12.4. The fourth-order valence-electron chi connectivity index (χ4n) is 6.55. The minimum absolute atomic E-state index is 0.0120. The van der Waals surface area contributed by atoms with E-state index in [4.69, 9.17) is 10.7 Å². The number of aromatic nitrogens is 2. The van der Waals surface area contributed by atoms with E-state index in [0.29, 0.717) is 6.04 Å². The molecule has 4 nitrogen and oxygen atoms in total. The van der Waals surface area contributed by atoms with Gasteiger partial charge in [0.25, 0.3) is 0 Å². The number of benzene rings is 2. The van der Waals surface area contributed by atoms with E-state index < -0.39 is 0 Å². The van der Waals surface area contributed by atoms with Gasteiger partial charge in [0.2, 0.25) is 0 Å². The van der Waals surface area contributed by atoms with Crippen LogP contribution in [0.5, 0.6) is 0 Å². The van der Waals surface area contributed by atoms with Crippen LogP contribution in [0.1, 0.15) is 94.6 Å². The van der Waals surface area contributed by atoms with Gasteiger partial charge in [-0.3, -0.25) is 4.90 Å². The number of imidazole rings is 1. The summed E-state index contributed by atoms with van der Waals surface area (Å²) in [5, 5.41) is 0. The van der Waals surface area contributed by atoms with Crippen molar-refractivity contribution in [1.82, 2.24) is 14.5 Å². The van der Waals surface area contributed by atoms with Gasteiger partial charge in [0.15, 0.2) is 0 Å². The first kappa shape index (κ1) is 22.6. The predicted octanol–water partition coefficient (Wildman–Crippen LogP) is 6.72. The molecule has 5 rings (SSSR count). The van der Waals surface area contributed by atoms with Gasteiger partial charge < -0.3 is 10.3 Å². The van der Waals surface area contributed by atoms with Crippen LogP contribution in [-0.2, 0) is 5.54 Å². The number of rotatable bonds is 6. The Balaban J connectivity index is 1.43. The summed E-state index contributed by atoms with van der Waals surface area (Å²) in [5.74, 6) is 1.09. The van der Waals surface area contributed by atoms with E-state index in [0.717, 1.165) is 37.3 Å². The Bertz CT molecular complexity index is 1020. The number of nitrogens with zero attached hydrogens (tertiary/aromatic N) is 3. The van der Waals surface area contributed by atoms with E-state index in [1.807, 2.05) is 0 Å². The summed E-state index contributed by atoms with van der Waals surface area (Å²) in [4.78, 5) is 7.86. The van der Waals surface area contributed by atoms with Gasteiger partial charge in [0, 0.05) is 24.7 Å². The number of fused-ring (bicyclic) bond motifs is 1. The molecule has 1 aliphatic carbocycles. The topological polar surface area (TPSA) is 47.1 Å². The Morgan fingerprint density at radius 1 is 0.939 bits per heavy atom. The van der Waals surface area contributed by atoms with Crippen molar-refractivity contribution in [2.24, 2.45) is 5.73 Å². The molecule has 1 atom stereocenters. The molecule has 0 spiro atoms. The van der Waals surface area contributed by atoms with Crippen molar-refractivity contribution in [3.05, 3.63) is 66.0 Å². The van der Waals surface area contributed by atoms with Gasteiger partial charge in [-0.2, -0.15) is 0 Å². The van der Waals surface area contributed by atoms with Crippen molar-refractivity contribution in [3.8, 4) is 0 Å². The number of hydrogen-bond acceptors (Lipinski definition) is 3. The molecule has 2 aliphatic rings. The third-order valence-corrected chi connectivity index (χ3v) is 8.23. The van der Waals surface area contributed by atoms with Crippen LogP contribution in [0.25, 0.3) is 11.0 Å². The molecule has 33 heavy (non-hydrogen) atoms. The van der Waals surface area contributed by atoms with Crippen molar-refractivity contribution in [1.29, 1.82) is 0 Å². The smallest absolute Gasteiger partial charge is 0.127 e. The second-order valence-corrected chi connectivity index (χ2v) is 10.3. The summed E-state index contributed by atoms with van der Waals surface area (Å²) >= 11 is 0. The van der Waals surface area contributed by atoms with Crippen LogP contribution in [0.2, 0.25) is 0 Å². The number of piperidine rings is 1. The van der Waals surface area contributed by atoms with E-state index in [-0.39, 0.29) is 11.6 Å². The zero-order chi connectivity index (χ0) is 22.7. The zero-order valence-corrected chi connectivity index (χ0v) is 20.3. The van der Waals surface area contributed by atoms with Crippen LogP contribution in [-0.4, -0.2) is 27.5 Å². The van der Waals surface area contributed by atoms with E-state index in [1.165, 1.54) is 62.4 Å². The standard InChI is InChI=1S/C29H40N4/c1-2-12-25(30)28-31-26-15-8-9-16-27(26)33(28)24-17-21-32(22-18-24)29(19-10-3-4-11-20-29)23-13-6-5-7-14-23/h5-9,13-16,24-25H,2-4,10-12,17-22,30H2,1H3. The molecular weight excluding hydrogens is 404 g/mol. The SMILES string of the molecule is CCCC(N)c1nc2ccccc2n1C1CCN(C2(c3ccccc3)CCCCCC2)CC1. The molecule has 1 saturated heterocycles. The summed E-state index contributed by atoms with van der Waals surface area (Å²) in [5.41, 5.74) is 10.7. The van der Waals surface area contributed by atoms with Crippen LogP contribution in [0.15, 0.2) is 54.6 Å². The molecule has 1 aromatic heterocycles. The highest BCUT2D eigenvalue weighted by Gasteiger charge is 2.40. The summed E-state index contributed by atoms with van der Waals surface area (Å²) < 4.78 is 2.51. The molecule has 2 fully saturated rings. The minimum Gasteiger partial charge on any atom is -0.323 e. The molecule has 4 heteroatoms. The number of para-hydroxylation sites is 2. The van der Waals surface area contributed by atoms with E-state index in [1.54, 1.807) is 0 Å². The molecule has 1 aliphatic heterocycles. The van der Waals surface area contributed by atoms with Crippen molar-refractivity contribution in [3.63, 3.8) is 0 Å². The number of likely N-dealkylation sites (tertiary alicyclic amines) is 1. The Morgan fingerprint density at radius 2 is 1.61 bits per heavy atom. The maximum absolute atomic E-state index is 6.64. The normalized spacial score (nSPS) is 21.2. The Labute approximate surface area is 199 Å². The second kappa shape index (κ2) is 9.99. The van der Waals surface area contributed by atoms with E-state index >= 15 is 0 Å². The molecule has 0 bridgehead atoms. The van der Waals surface area contributed by atoms with Crippen molar-refractivity contribution in [2.75, 3.05) is 13.1 Å². The van der Waals surface area contributed by atoms with Crippen LogP contribution in [0.3, 0.4) is 0 Å². The highest BCUT2D eigenvalue weighted by molar-refractivity contribution is 5.76. The molecule has 2 heterocycles. The molecular formula is C29H40N4. The highest BCUT2D eigenvalue weighted by atomic mass is 15.2. The Kier molecular flexibility index (Phi) is 6.84. The van der Waals surface area contributed by atoms with Crippen molar-refractivity contribution < 1.29 is 0 Å². The van der Waals surface area contributed by atoms with E-state index in [9.17, 15) is 0 Å². The van der Waals surface area contributed by atoms with Crippen molar-refractivity contribution in [2.45, 2.75) is 88.8 Å². The van der Waals surface area contributed by atoms with Crippen LogP contribution in [0, 0.1) is 0 Å². The lowest BCUT2D eigenvalue weighted by Crippen LogP contribution is -2.50. The van der Waals surface area contributed by atoms with Gasteiger partial charge >= 0.3 is 0 Å². The maximum Gasteiger partial charge on any atom is 0.127 e. The lowest BCUT2D eigenvalue weighted by atomic mass is 9.79. The highest BCUT2D eigenvalue weighted by Crippen LogP contribution is 2.44. The van der Waals surface area contributed by atoms with Crippen LogP contribution >= 0.6 is 0 Å². The summed E-state index contributed by atoms with van der Waals surface area (Å²) in [6, 6.07) is 20.5. The van der Waals surface area contributed by atoms with Crippen LogP contribution in [0.4, 0.5) is 0 Å². The zero-order valence-electron chi connectivity index (χ0n) is 20.3. The quantitative estimate of drug-likeness (QED) is 0.429. The molecule has 176 valence electrons. The average Bonchev–Trinajstić information content (AvgIpc) is 3.07. The second-order valence-electron chi connectivity index (χ2n) is 10.3. The molecule has 0 amide bonds. The molecule has 0 radical (unpaired) electrons. The first-order valence-electron chi connectivity index (χ1n) is 13.3. The maximum atomic E-state index is 6.64. The van der Waals surface area contributed by atoms with Gasteiger partial charge in [0.05, 0.1) is 17.1 Å². The lowest BCUT2D eigenvalue weighted by molar-refractivity contribution is 0.0354. The van der Waals surface area contributed by atoms with Crippen molar-refractivity contribution >= 4 is 11.0 Å². The summed E-state index contributed by atoms with van der Waals surface area (Å²) in [6.45, 7) is 4.50. The summed E-state index contributed by atoms with van der Waals surface area (Å²) in [7, 11) is 0. The third kappa shape index (κ3) is 4.36. The molecule has 1 unspecified atom stereocenters. The monoisotopic (exact) mass is 444 g/mol. The van der Waals surface area contributed by atoms with E-state index in [2.05, 4.69) is 71.0 Å². The van der Waals surface area contributed by atoms with Gasteiger partial charge in [-0.15, -0.1) is 0 Å². The molecule has 3 aromatic rings. The first-order chi connectivity index (χ1) is 16.2. The molecule has 2 N–H and O–H groups in total. The number of hydrogen-bond donors (Lipinski definition) is 1. The molecule has 2 aromatic carbocycles. The van der Waals surface area contributed by atoms with Gasteiger partial charge in [-0.05, 0) is 49.8 Å². The Morgan fingerprint density at radius 3 is 2.30 bits per heavy atom. The van der Waals surface area contributed by atoms with Gasteiger partial charge in [-0.1, -0.05) is 81.5 Å². The lowest BCUT2D eigenvalue weighted by Gasteiger charge is -2.48. The number of nitrogens with two attached hydrogens (primary N) is 1.